The van der Waals surface area contributed by atoms with Crippen molar-refractivity contribution in [2.75, 3.05) is 53.2 Å². The number of ether oxygens (including phenoxy) is 2. The number of carbonyl (C=O) groups excluding carboxylic acids is 1. The second-order valence-corrected chi connectivity index (χ2v) is 8.77. The van der Waals surface area contributed by atoms with Crippen LogP contribution < -0.4 is 9.47 Å². The van der Waals surface area contributed by atoms with Crippen molar-refractivity contribution in [1.29, 1.82) is 0 Å². The van der Waals surface area contributed by atoms with Gasteiger partial charge in [-0.3, -0.25) is 4.79 Å². The zero-order chi connectivity index (χ0) is 21.3. The van der Waals surface area contributed by atoms with Crippen LogP contribution in [0.2, 0.25) is 0 Å². The quantitative estimate of drug-likeness (QED) is 0.539. The van der Waals surface area contributed by atoms with Gasteiger partial charge in [0.2, 0.25) is 5.91 Å². The predicted molar refractivity (Wildman–Crippen MR) is 123 cm³/mol. The van der Waals surface area contributed by atoms with Gasteiger partial charge < -0.3 is 19.3 Å². The van der Waals surface area contributed by atoms with Crippen LogP contribution in [0.1, 0.15) is 17.5 Å². The van der Waals surface area contributed by atoms with Crippen LogP contribution in [-0.4, -0.2) is 68.9 Å². The van der Waals surface area contributed by atoms with E-state index in [0.717, 1.165) is 56.1 Å². The van der Waals surface area contributed by atoms with Crippen molar-refractivity contribution in [1.82, 2.24) is 9.80 Å². The van der Waals surface area contributed by atoms with E-state index in [-0.39, 0.29) is 5.91 Å². The van der Waals surface area contributed by atoms with Crippen LogP contribution in [0.3, 0.4) is 0 Å². The summed E-state index contributed by atoms with van der Waals surface area (Å²) in [7, 11) is 5.43. The van der Waals surface area contributed by atoms with E-state index < -0.39 is 0 Å². The molecule has 0 aromatic heterocycles. The molecule has 0 spiro atoms. The molecule has 0 unspecified atom stereocenters. The number of benzene rings is 2. The minimum absolute atomic E-state index is 0.197. The Hall–Kier alpha value is -2.18. The molecule has 0 aliphatic carbocycles. The van der Waals surface area contributed by atoms with E-state index in [4.69, 9.17) is 9.47 Å². The third-order valence-electron chi connectivity index (χ3n) is 5.50. The maximum absolute atomic E-state index is 12.8. The summed E-state index contributed by atoms with van der Waals surface area (Å²) in [5, 5.41) is 0. The van der Waals surface area contributed by atoms with Gasteiger partial charge in [-0.25, -0.2) is 0 Å². The fourth-order valence-electron chi connectivity index (χ4n) is 3.73. The molecule has 0 radical (unpaired) electrons. The number of methoxy groups -OCH3 is 2. The number of hydrogen-bond donors (Lipinski definition) is 0. The molecule has 0 saturated heterocycles. The van der Waals surface area contributed by atoms with E-state index in [1.165, 1.54) is 10.5 Å². The molecule has 1 aliphatic rings. The molecule has 5 nitrogen and oxygen atoms in total. The topological polar surface area (TPSA) is 42.0 Å². The standard InChI is InChI=1S/C24H32N2O3S/c1-25(14-15-30-21-8-5-4-6-9-21)11-7-12-26-13-10-19-16-22(28-2)23(29-3)17-20(19)18-24(26)27/h4-6,8-9,16-17H,7,10-15,18H2,1-3H3. The third-order valence-corrected chi connectivity index (χ3v) is 6.50. The first-order valence-corrected chi connectivity index (χ1v) is 11.5. The highest BCUT2D eigenvalue weighted by Gasteiger charge is 2.22. The lowest BCUT2D eigenvalue weighted by Crippen LogP contribution is -2.35. The van der Waals surface area contributed by atoms with E-state index in [9.17, 15) is 4.79 Å². The number of fused-ring (bicyclic) bond motifs is 1. The van der Waals surface area contributed by atoms with Gasteiger partial charge in [-0.05, 0) is 61.8 Å². The third kappa shape index (κ3) is 6.16. The molecule has 1 aliphatic heterocycles. The molecule has 0 bridgehead atoms. The molecule has 0 saturated carbocycles. The molecule has 0 N–H and O–H groups in total. The van der Waals surface area contributed by atoms with Crippen LogP contribution in [0.5, 0.6) is 11.5 Å². The zero-order valence-electron chi connectivity index (χ0n) is 18.2. The van der Waals surface area contributed by atoms with Gasteiger partial charge >= 0.3 is 0 Å². The molecule has 1 heterocycles. The van der Waals surface area contributed by atoms with Gasteiger partial charge in [0.1, 0.15) is 0 Å². The minimum atomic E-state index is 0.197. The second kappa shape index (κ2) is 11.3. The first-order chi connectivity index (χ1) is 14.6. The highest BCUT2D eigenvalue weighted by Crippen LogP contribution is 2.32. The summed E-state index contributed by atoms with van der Waals surface area (Å²) >= 11 is 1.89. The summed E-state index contributed by atoms with van der Waals surface area (Å²) in [4.78, 5) is 18.4. The Balaban J connectivity index is 1.44. The molecule has 2 aromatic carbocycles. The number of carbonyl (C=O) groups is 1. The number of nitrogens with zero attached hydrogens (tertiary/aromatic N) is 2. The van der Waals surface area contributed by atoms with Crippen molar-refractivity contribution in [2.24, 2.45) is 0 Å². The highest BCUT2D eigenvalue weighted by molar-refractivity contribution is 7.99. The van der Waals surface area contributed by atoms with Gasteiger partial charge in [0.25, 0.3) is 0 Å². The smallest absolute Gasteiger partial charge is 0.227 e. The van der Waals surface area contributed by atoms with E-state index in [1.54, 1.807) is 14.2 Å². The van der Waals surface area contributed by atoms with Crippen molar-refractivity contribution >= 4 is 17.7 Å². The molecule has 0 atom stereocenters. The van der Waals surface area contributed by atoms with Crippen LogP contribution in [-0.2, 0) is 17.6 Å². The number of amides is 1. The van der Waals surface area contributed by atoms with Crippen molar-refractivity contribution in [3.05, 3.63) is 53.6 Å². The Morgan fingerprint density at radius 3 is 2.43 bits per heavy atom. The monoisotopic (exact) mass is 428 g/mol. The van der Waals surface area contributed by atoms with Gasteiger partial charge in [0.05, 0.1) is 20.6 Å². The van der Waals surface area contributed by atoms with Crippen molar-refractivity contribution in [2.45, 2.75) is 24.2 Å². The first kappa shape index (κ1) is 22.5. The lowest BCUT2D eigenvalue weighted by Gasteiger charge is -2.22. The lowest BCUT2D eigenvalue weighted by molar-refractivity contribution is -0.130. The maximum atomic E-state index is 12.8. The summed E-state index contributed by atoms with van der Waals surface area (Å²) in [6.45, 7) is 3.60. The fourth-order valence-corrected chi connectivity index (χ4v) is 4.72. The Morgan fingerprint density at radius 2 is 1.73 bits per heavy atom. The summed E-state index contributed by atoms with van der Waals surface area (Å²) < 4.78 is 10.8. The van der Waals surface area contributed by atoms with E-state index in [0.29, 0.717) is 12.2 Å². The zero-order valence-corrected chi connectivity index (χ0v) is 19.0. The Labute approximate surface area is 184 Å². The first-order valence-electron chi connectivity index (χ1n) is 10.5. The van der Waals surface area contributed by atoms with Gasteiger partial charge in [0, 0.05) is 30.3 Å². The summed E-state index contributed by atoms with van der Waals surface area (Å²) in [5.74, 6) is 2.69. The molecule has 2 aromatic rings. The number of hydrogen-bond acceptors (Lipinski definition) is 5. The van der Waals surface area contributed by atoms with E-state index in [2.05, 4.69) is 36.2 Å². The Morgan fingerprint density at radius 1 is 1.03 bits per heavy atom. The van der Waals surface area contributed by atoms with Gasteiger partial charge in [-0.15, -0.1) is 11.8 Å². The average molecular weight is 429 g/mol. The average Bonchev–Trinajstić information content (AvgIpc) is 2.91. The van der Waals surface area contributed by atoms with Gasteiger partial charge in [0.15, 0.2) is 11.5 Å². The van der Waals surface area contributed by atoms with Gasteiger partial charge in [-0.1, -0.05) is 18.2 Å². The van der Waals surface area contributed by atoms with Crippen molar-refractivity contribution in [3.63, 3.8) is 0 Å². The van der Waals surface area contributed by atoms with E-state index in [1.807, 2.05) is 34.9 Å². The summed E-state index contributed by atoms with van der Waals surface area (Å²) in [5.41, 5.74) is 2.23. The molecular weight excluding hydrogens is 396 g/mol. The van der Waals surface area contributed by atoms with Crippen LogP contribution in [0.4, 0.5) is 0 Å². The molecular formula is C24H32N2O3S. The molecule has 162 valence electrons. The molecule has 1 amide bonds. The minimum Gasteiger partial charge on any atom is -0.493 e. The second-order valence-electron chi connectivity index (χ2n) is 7.60. The highest BCUT2D eigenvalue weighted by atomic mass is 32.2. The molecule has 3 rings (SSSR count). The number of thioether (sulfide) groups is 1. The predicted octanol–water partition coefficient (Wildman–Crippen LogP) is 3.75. The van der Waals surface area contributed by atoms with Gasteiger partial charge in [-0.2, -0.15) is 0 Å². The fraction of sp³-hybridized carbons (Fsp3) is 0.458. The lowest BCUT2D eigenvalue weighted by atomic mass is 10.0. The molecule has 6 heteroatoms. The maximum Gasteiger partial charge on any atom is 0.227 e. The Bertz CT molecular complexity index is 829. The van der Waals surface area contributed by atoms with Crippen LogP contribution in [0.25, 0.3) is 0 Å². The summed E-state index contributed by atoms with van der Waals surface area (Å²) in [6.07, 6.45) is 2.27. The molecule has 0 fully saturated rings. The van der Waals surface area contributed by atoms with Crippen LogP contribution in [0, 0.1) is 0 Å². The summed E-state index contributed by atoms with van der Waals surface area (Å²) in [6, 6.07) is 14.5. The largest absolute Gasteiger partial charge is 0.493 e. The number of rotatable bonds is 10. The van der Waals surface area contributed by atoms with E-state index >= 15 is 0 Å². The Kier molecular flexibility index (Phi) is 8.46. The normalized spacial score (nSPS) is 13.9. The van der Waals surface area contributed by atoms with Crippen molar-refractivity contribution in [3.8, 4) is 11.5 Å². The molecule has 30 heavy (non-hydrogen) atoms. The van der Waals surface area contributed by atoms with Crippen LogP contribution >= 0.6 is 11.8 Å². The van der Waals surface area contributed by atoms with Crippen LogP contribution in [0.15, 0.2) is 47.4 Å². The SMILES string of the molecule is COc1cc2c(cc1OC)CC(=O)N(CCCN(C)CCSc1ccccc1)CC2. The van der Waals surface area contributed by atoms with Crippen molar-refractivity contribution < 1.29 is 14.3 Å².